The van der Waals surface area contributed by atoms with Crippen LogP contribution in [0.5, 0.6) is 17.2 Å². The van der Waals surface area contributed by atoms with Crippen LogP contribution in [-0.2, 0) is 19.3 Å². The molecule has 1 aliphatic heterocycles. The van der Waals surface area contributed by atoms with E-state index < -0.39 is 22.9 Å². The monoisotopic (exact) mass is 531 g/mol. The third kappa shape index (κ3) is 4.72. The molecule has 0 unspecified atom stereocenters. The summed E-state index contributed by atoms with van der Waals surface area (Å²) in [6.07, 6.45) is -4.93. The van der Waals surface area contributed by atoms with E-state index in [0.717, 1.165) is 5.56 Å². The number of methoxy groups -OCH3 is 2. The van der Waals surface area contributed by atoms with Gasteiger partial charge in [0.15, 0.2) is 11.5 Å². The van der Waals surface area contributed by atoms with Crippen molar-refractivity contribution in [2.24, 2.45) is 0 Å². The van der Waals surface area contributed by atoms with Crippen molar-refractivity contribution in [2.45, 2.75) is 19.3 Å². The molecule has 0 aliphatic carbocycles. The predicted molar refractivity (Wildman–Crippen MR) is 132 cm³/mol. The summed E-state index contributed by atoms with van der Waals surface area (Å²) in [5.74, 6) is -0.517. The van der Waals surface area contributed by atoms with E-state index in [1.165, 1.54) is 38.5 Å². The van der Waals surface area contributed by atoms with Crippen molar-refractivity contribution in [3.63, 3.8) is 0 Å². The zero-order valence-electron chi connectivity index (χ0n) is 19.8. The Bertz CT molecular complexity index is 1530. The highest BCUT2D eigenvalue weighted by Crippen LogP contribution is 2.42. The van der Waals surface area contributed by atoms with Crippen LogP contribution in [0.25, 0.3) is 22.1 Å². The molecule has 0 spiro atoms. The van der Waals surface area contributed by atoms with Crippen molar-refractivity contribution < 1.29 is 31.8 Å². The summed E-state index contributed by atoms with van der Waals surface area (Å²) in [7, 11) is 2.77. The molecule has 0 saturated heterocycles. The molecule has 0 saturated carbocycles. The van der Waals surface area contributed by atoms with Crippen molar-refractivity contribution in [3.05, 3.63) is 86.7 Å². The average molecular weight is 532 g/mol. The van der Waals surface area contributed by atoms with E-state index in [-0.39, 0.29) is 35.6 Å². The number of halogens is 4. The van der Waals surface area contributed by atoms with E-state index in [0.29, 0.717) is 28.6 Å². The Morgan fingerprint density at radius 3 is 2.41 bits per heavy atom. The van der Waals surface area contributed by atoms with E-state index in [9.17, 15) is 18.0 Å². The molecule has 37 heavy (non-hydrogen) atoms. The predicted octanol–water partition coefficient (Wildman–Crippen LogP) is 6.50. The van der Waals surface area contributed by atoms with E-state index in [1.54, 1.807) is 18.2 Å². The van der Waals surface area contributed by atoms with Gasteiger partial charge < -0.3 is 18.6 Å². The fraction of sp³-hybridized carbons (Fsp3) is 0.222. The first-order valence-corrected chi connectivity index (χ1v) is 11.6. The minimum Gasteiger partial charge on any atom is -0.493 e. The Hall–Kier alpha value is -3.69. The second kappa shape index (κ2) is 9.64. The second-order valence-electron chi connectivity index (χ2n) is 8.51. The van der Waals surface area contributed by atoms with Gasteiger partial charge in [-0.2, -0.15) is 13.2 Å². The molecule has 3 aromatic carbocycles. The zero-order chi connectivity index (χ0) is 26.3. The number of benzene rings is 3. The number of nitrogens with zero attached hydrogens (tertiary/aromatic N) is 1. The summed E-state index contributed by atoms with van der Waals surface area (Å²) in [5, 5.41) is 0.621. The van der Waals surface area contributed by atoms with Gasteiger partial charge in [-0.3, -0.25) is 9.69 Å². The van der Waals surface area contributed by atoms with Gasteiger partial charge >= 0.3 is 6.18 Å². The van der Waals surface area contributed by atoms with Gasteiger partial charge in [-0.05, 0) is 47.5 Å². The maximum atomic E-state index is 14.3. The molecule has 0 N–H and O–H groups in total. The van der Waals surface area contributed by atoms with E-state index in [1.807, 2.05) is 17.0 Å². The van der Waals surface area contributed by atoms with Crippen LogP contribution in [0.2, 0.25) is 5.02 Å². The average Bonchev–Trinajstić information content (AvgIpc) is 2.88. The highest BCUT2D eigenvalue weighted by atomic mass is 35.5. The molecular formula is C27H21ClF3NO5. The Balaban J connectivity index is 1.64. The number of ether oxygens (including phenoxy) is 3. The van der Waals surface area contributed by atoms with Gasteiger partial charge in [0, 0.05) is 18.1 Å². The first kappa shape index (κ1) is 25.0. The molecule has 5 rings (SSSR count). The lowest BCUT2D eigenvalue weighted by atomic mass is 9.99. The van der Waals surface area contributed by atoms with Gasteiger partial charge in [-0.1, -0.05) is 29.8 Å². The molecule has 10 heteroatoms. The topological polar surface area (TPSA) is 61.1 Å². The Labute approximate surface area is 214 Å². The van der Waals surface area contributed by atoms with Crippen LogP contribution in [-0.4, -0.2) is 25.9 Å². The summed E-state index contributed by atoms with van der Waals surface area (Å²) < 4.78 is 64.5. The third-order valence-corrected chi connectivity index (χ3v) is 6.41. The third-order valence-electron chi connectivity index (χ3n) is 6.15. The minimum atomic E-state index is -4.93. The first-order chi connectivity index (χ1) is 17.7. The smallest absolute Gasteiger partial charge is 0.450 e. The highest BCUT2D eigenvalue weighted by Gasteiger charge is 2.40. The molecule has 0 fully saturated rings. The molecule has 0 amide bonds. The van der Waals surface area contributed by atoms with Crippen molar-refractivity contribution in [1.82, 2.24) is 4.90 Å². The van der Waals surface area contributed by atoms with Gasteiger partial charge in [0.25, 0.3) is 0 Å². The molecule has 1 aromatic heterocycles. The van der Waals surface area contributed by atoms with Crippen LogP contribution in [0.15, 0.2) is 63.8 Å². The summed E-state index contributed by atoms with van der Waals surface area (Å²) >= 11 is 5.96. The second-order valence-corrected chi connectivity index (χ2v) is 8.95. The maximum absolute atomic E-state index is 14.3. The first-order valence-electron chi connectivity index (χ1n) is 11.2. The molecule has 6 nitrogen and oxygen atoms in total. The molecule has 0 radical (unpaired) electrons. The van der Waals surface area contributed by atoms with Crippen LogP contribution in [0.4, 0.5) is 13.2 Å². The molecule has 192 valence electrons. The van der Waals surface area contributed by atoms with Crippen molar-refractivity contribution in [1.29, 1.82) is 0 Å². The minimum absolute atomic E-state index is 0.000962. The van der Waals surface area contributed by atoms with Crippen LogP contribution >= 0.6 is 11.6 Å². The van der Waals surface area contributed by atoms with Crippen LogP contribution in [0.1, 0.15) is 16.9 Å². The van der Waals surface area contributed by atoms with Gasteiger partial charge in [0.05, 0.1) is 30.7 Å². The van der Waals surface area contributed by atoms with E-state index >= 15 is 0 Å². The van der Waals surface area contributed by atoms with E-state index in [2.05, 4.69) is 0 Å². The molecule has 0 atom stereocenters. The number of fused-ring (bicyclic) bond motifs is 3. The lowest BCUT2D eigenvalue weighted by molar-refractivity contribution is -0.152. The molecule has 0 bridgehead atoms. The highest BCUT2D eigenvalue weighted by molar-refractivity contribution is 6.30. The number of rotatable bonds is 5. The number of hydrogen-bond donors (Lipinski definition) is 0. The van der Waals surface area contributed by atoms with E-state index in [4.69, 9.17) is 30.2 Å². The zero-order valence-corrected chi connectivity index (χ0v) is 20.6. The Morgan fingerprint density at radius 1 is 1.00 bits per heavy atom. The van der Waals surface area contributed by atoms with Crippen molar-refractivity contribution in [2.75, 3.05) is 21.0 Å². The summed E-state index contributed by atoms with van der Waals surface area (Å²) in [6, 6.07) is 14.4. The van der Waals surface area contributed by atoms with Gasteiger partial charge in [-0.15, -0.1) is 0 Å². The van der Waals surface area contributed by atoms with Crippen LogP contribution < -0.4 is 19.6 Å². The molecular weight excluding hydrogens is 511 g/mol. The summed E-state index contributed by atoms with van der Waals surface area (Å²) in [5.41, 5.74) is -0.239. The molecule has 1 aliphatic rings. The lowest BCUT2D eigenvalue weighted by Gasteiger charge is -2.29. The molecule has 2 heterocycles. The SMILES string of the molecule is COc1ccc(-c2c(C(F)(F)F)oc3c4c(ccc3c2=O)OCN(Cc2ccc(Cl)cc2)C4)cc1OC. The quantitative estimate of drug-likeness (QED) is 0.293. The number of alkyl halides is 3. The summed E-state index contributed by atoms with van der Waals surface area (Å²) in [6.45, 7) is 0.916. The Morgan fingerprint density at radius 2 is 1.73 bits per heavy atom. The Kier molecular flexibility index (Phi) is 6.51. The summed E-state index contributed by atoms with van der Waals surface area (Å²) in [4.78, 5) is 15.4. The molecule has 4 aromatic rings. The van der Waals surface area contributed by atoms with Crippen LogP contribution in [0, 0.1) is 0 Å². The van der Waals surface area contributed by atoms with Gasteiger partial charge in [0.2, 0.25) is 11.2 Å². The fourth-order valence-corrected chi connectivity index (χ4v) is 4.54. The number of hydrogen-bond acceptors (Lipinski definition) is 6. The van der Waals surface area contributed by atoms with Crippen LogP contribution in [0.3, 0.4) is 0 Å². The van der Waals surface area contributed by atoms with Crippen molar-refractivity contribution >= 4 is 22.6 Å². The normalized spacial score (nSPS) is 13.8. The fourth-order valence-electron chi connectivity index (χ4n) is 4.41. The van der Waals surface area contributed by atoms with Gasteiger partial charge in [0.1, 0.15) is 18.1 Å². The lowest BCUT2D eigenvalue weighted by Crippen LogP contribution is -2.32. The van der Waals surface area contributed by atoms with Gasteiger partial charge in [-0.25, -0.2) is 0 Å². The van der Waals surface area contributed by atoms with Crippen molar-refractivity contribution in [3.8, 4) is 28.4 Å². The maximum Gasteiger partial charge on any atom is 0.450 e. The standard InChI is InChI=1S/C27H21ClF3NO5/c1-34-21-9-5-16(11-22(21)35-2)23-24(33)18-8-10-20-19(25(18)37-26(23)27(29,30)31)13-32(14-36-20)12-15-3-6-17(28)7-4-15/h3-11H,12-14H2,1-2H3. The largest absolute Gasteiger partial charge is 0.493 e.